The van der Waals surface area contributed by atoms with Crippen LogP contribution in [0.4, 0.5) is 4.79 Å². The molecule has 3 heterocycles. The van der Waals surface area contributed by atoms with Crippen molar-refractivity contribution in [1.82, 2.24) is 29.7 Å². The maximum Gasteiger partial charge on any atom is 0.410 e. The lowest BCUT2D eigenvalue weighted by Crippen LogP contribution is -2.46. The number of hydrogen-bond acceptors (Lipinski definition) is 6. The maximum absolute atomic E-state index is 13.1. The van der Waals surface area contributed by atoms with Gasteiger partial charge in [-0.15, -0.1) is 0 Å². The predicted octanol–water partition coefficient (Wildman–Crippen LogP) is 4.00. The third-order valence-corrected chi connectivity index (χ3v) is 7.20. The van der Waals surface area contributed by atoms with Crippen molar-refractivity contribution >= 4 is 12.0 Å². The van der Waals surface area contributed by atoms with Gasteiger partial charge in [0.1, 0.15) is 19.0 Å². The molecule has 2 aromatic heterocycles. The molecule has 38 heavy (non-hydrogen) atoms. The lowest BCUT2D eigenvalue weighted by Gasteiger charge is -2.24. The number of benzene rings is 2. The molecule has 192 valence electrons. The van der Waals surface area contributed by atoms with Crippen molar-refractivity contribution < 1.29 is 14.3 Å². The van der Waals surface area contributed by atoms with Crippen molar-refractivity contribution in [3.05, 3.63) is 95.8 Å². The van der Waals surface area contributed by atoms with Crippen LogP contribution in [0.2, 0.25) is 0 Å². The number of carbonyl (C=O) groups excluding carboxylic acids is 2. The van der Waals surface area contributed by atoms with Crippen molar-refractivity contribution in [3.8, 4) is 17.1 Å². The van der Waals surface area contributed by atoms with Crippen molar-refractivity contribution in [1.29, 1.82) is 0 Å². The molecule has 1 aliphatic heterocycles. The van der Waals surface area contributed by atoms with Crippen LogP contribution in [0.1, 0.15) is 41.3 Å². The Kier molecular flexibility index (Phi) is 6.33. The normalized spacial score (nSPS) is 16.2. The SMILES string of the molecule is Cc1cc(CNC(=O)C2CCCN2C(=O)OCC2c3ccccc3-c3ccccc32)nc(-n2ccnc2)n1. The number of nitrogens with one attached hydrogen (secondary N) is 1. The molecule has 2 amide bonds. The van der Waals surface area contributed by atoms with E-state index in [0.29, 0.717) is 24.6 Å². The van der Waals surface area contributed by atoms with Gasteiger partial charge in [-0.05, 0) is 48.1 Å². The molecule has 0 bridgehead atoms. The number of likely N-dealkylation sites (tertiary alicyclic amines) is 1. The standard InChI is InChI=1S/C29H28N6O3/c1-19-15-20(33-28(32-19)34-14-12-30-18-34)16-31-27(36)26-11-6-13-35(26)29(37)38-17-25-23-9-4-2-7-21(23)22-8-3-5-10-24(22)25/h2-5,7-10,12,14-15,18,25-26H,6,11,13,16-17H2,1H3,(H,31,36). The molecule has 1 N–H and O–H groups in total. The Hall–Kier alpha value is -4.53. The molecule has 6 rings (SSSR count). The number of nitrogens with zero attached hydrogens (tertiary/aromatic N) is 5. The number of carbonyl (C=O) groups is 2. The number of aromatic nitrogens is 4. The lowest BCUT2D eigenvalue weighted by atomic mass is 9.98. The summed E-state index contributed by atoms with van der Waals surface area (Å²) in [7, 11) is 0. The smallest absolute Gasteiger partial charge is 0.410 e. The monoisotopic (exact) mass is 508 g/mol. The lowest BCUT2D eigenvalue weighted by molar-refractivity contribution is -0.125. The molecule has 0 spiro atoms. The first-order valence-corrected chi connectivity index (χ1v) is 12.8. The van der Waals surface area contributed by atoms with Gasteiger partial charge in [0, 0.05) is 30.6 Å². The van der Waals surface area contributed by atoms with Gasteiger partial charge in [-0.3, -0.25) is 14.3 Å². The van der Waals surface area contributed by atoms with Crippen LogP contribution in [-0.2, 0) is 16.1 Å². The molecular weight excluding hydrogens is 480 g/mol. The van der Waals surface area contributed by atoms with Gasteiger partial charge in [0.05, 0.1) is 12.2 Å². The molecule has 4 aromatic rings. The molecular formula is C29H28N6O3. The fraction of sp³-hybridized carbons (Fsp3) is 0.276. The minimum Gasteiger partial charge on any atom is -0.448 e. The van der Waals surface area contributed by atoms with Gasteiger partial charge < -0.3 is 10.1 Å². The van der Waals surface area contributed by atoms with Gasteiger partial charge >= 0.3 is 6.09 Å². The molecule has 9 nitrogen and oxygen atoms in total. The van der Waals surface area contributed by atoms with Gasteiger partial charge in [-0.2, -0.15) is 0 Å². The molecule has 2 aliphatic rings. The molecule has 1 aliphatic carbocycles. The van der Waals surface area contributed by atoms with Crippen LogP contribution in [0.15, 0.2) is 73.3 Å². The van der Waals surface area contributed by atoms with E-state index >= 15 is 0 Å². The average Bonchev–Trinajstić information content (AvgIpc) is 3.70. The van der Waals surface area contributed by atoms with E-state index in [1.54, 1.807) is 28.2 Å². The Morgan fingerprint density at radius 3 is 2.50 bits per heavy atom. The third kappa shape index (κ3) is 4.51. The molecule has 1 atom stereocenters. The highest BCUT2D eigenvalue weighted by Crippen LogP contribution is 2.44. The predicted molar refractivity (Wildman–Crippen MR) is 141 cm³/mol. The Morgan fingerprint density at radius 1 is 1.05 bits per heavy atom. The second-order valence-electron chi connectivity index (χ2n) is 9.64. The van der Waals surface area contributed by atoms with Crippen LogP contribution in [0.5, 0.6) is 0 Å². The maximum atomic E-state index is 13.1. The number of amides is 2. The first kappa shape index (κ1) is 23.8. The van der Waals surface area contributed by atoms with Crippen molar-refractivity contribution in [2.75, 3.05) is 13.2 Å². The van der Waals surface area contributed by atoms with Gasteiger partial charge in [0.25, 0.3) is 0 Å². The van der Waals surface area contributed by atoms with Crippen LogP contribution < -0.4 is 5.32 Å². The fourth-order valence-electron chi connectivity index (χ4n) is 5.43. The Labute approximate surface area is 220 Å². The summed E-state index contributed by atoms with van der Waals surface area (Å²) in [5, 5.41) is 2.95. The van der Waals surface area contributed by atoms with E-state index in [-0.39, 0.29) is 25.0 Å². The highest BCUT2D eigenvalue weighted by Gasteiger charge is 2.36. The zero-order chi connectivity index (χ0) is 26.1. The van der Waals surface area contributed by atoms with E-state index in [9.17, 15) is 9.59 Å². The largest absolute Gasteiger partial charge is 0.448 e. The first-order chi connectivity index (χ1) is 18.6. The Morgan fingerprint density at radius 2 is 1.79 bits per heavy atom. The van der Waals surface area contributed by atoms with Crippen LogP contribution in [0.3, 0.4) is 0 Å². The molecule has 1 saturated heterocycles. The Bertz CT molecular complexity index is 1440. The number of hydrogen-bond donors (Lipinski definition) is 1. The van der Waals surface area contributed by atoms with E-state index < -0.39 is 12.1 Å². The number of ether oxygens (including phenoxy) is 1. The number of imidazole rings is 1. The molecule has 0 radical (unpaired) electrons. The summed E-state index contributed by atoms with van der Waals surface area (Å²) in [6.07, 6.45) is 5.94. The van der Waals surface area contributed by atoms with Gasteiger partial charge in [-0.1, -0.05) is 48.5 Å². The summed E-state index contributed by atoms with van der Waals surface area (Å²) in [5.74, 6) is 0.260. The molecule has 1 fully saturated rings. The minimum atomic E-state index is -0.568. The summed E-state index contributed by atoms with van der Waals surface area (Å²) in [6, 6.07) is 17.7. The van der Waals surface area contributed by atoms with Crippen LogP contribution in [0.25, 0.3) is 17.1 Å². The second-order valence-corrected chi connectivity index (χ2v) is 9.64. The van der Waals surface area contributed by atoms with Crippen molar-refractivity contribution in [3.63, 3.8) is 0 Å². The van der Waals surface area contributed by atoms with E-state index in [1.165, 1.54) is 11.1 Å². The highest BCUT2D eigenvalue weighted by atomic mass is 16.6. The summed E-state index contributed by atoms with van der Waals surface area (Å²) in [5.41, 5.74) is 6.15. The molecule has 2 aromatic carbocycles. The van der Waals surface area contributed by atoms with Crippen molar-refractivity contribution in [2.45, 2.75) is 38.3 Å². The average molecular weight is 509 g/mol. The third-order valence-electron chi connectivity index (χ3n) is 7.20. The number of aryl methyl sites for hydroxylation is 1. The summed E-state index contributed by atoms with van der Waals surface area (Å²) in [6.45, 7) is 2.84. The zero-order valence-corrected chi connectivity index (χ0v) is 21.1. The number of rotatable bonds is 6. The zero-order valence-electron chi connectivity index (χ0n) is 21.1. The second kappa shape index (κ2) is 10.1. The van der Waals surface area contributed by atoms with Gasteiger partial charge in [0.2, 0.25) is 11.9 Å². The molecule has 9 heteroatoms. The summed E-state index contributed by atoms with van der Waals surface area (Å²) < 4.78 is 7.53. The summed E-state index contributed by atoms with van der Waals surface area (Å²) >= 11 is 0. The van der Waals surface area contributed by atoms with Crippen LogP contribution in [-0.4, -0.2) is 55.6 Å². The van der Waals surface area contributed by atoms with Crippen LogP contribution >= 0.6 is 0 Å². The molecule has 1 unspecified atom stereocenters. The summed E-state index contributed by atoms with van der Waals surface area (Å²) in [4.78, 5) is 40.8. The highest BCUT2D eigenvalue weighted by molar-refractivity contribution is 5.86. The van der Waals surface area contributed by atoms with Gasteiger partial charge in [0.15, 0.2) is 0 Å². The first-order valence-electron chi connectivity index (χ1n) is 12.8. The van der Waals surface area contributed by atoms with E-state index in [2.05, 4.69) is 44.5 Å². The van der Waals surface area contributed by atoms with E-state index in [0.717, 1.165) is 23.2 Å². The van der Waals surface area contributed by atoms with Crippen molar-refractivity contribution in [2.24, 2.45) is 0 Å². The fourth-order valence-corrected chi connectivity index (χ4v) is 5.43. The van der Waals surface area contributed by atoms with E-state index in [4.69, 9.17) is 4.74 Å². The Balaban J connectivity index is 1.10. The van der Waals surface area contributed by atoms with Crippen LogP contribution in [0, 0.1) is 6.92 Å². The quantitative estimate of drug-likeness (QED) is 0.422. The topological polar surface area (TPSA) is 102 Å². The number of fused-ring (bicyclic) bond motifs is 3. The minimum absolute atomic E-state index is 0.0214. The van der Waals surface area contributed by atoms with Gasteiger partial charge in [-0.25, -0.2) is 19.7 Å². The van der Waals surface area contributed by atoms with E-state index in [1.807, 2.05) is 37.3 Å². The molecule has 0 saturated carbocycles.